The zero-order chi connectivity index (χ0) is 31.6. The summed E-state index contributed by atoms with van der Waals surface area (Å²) in [6.07, 6.45) is -4.87. The number of hydrogen-bond donors (Lipinski definition) is 3. The molecular weight excluding hydrogens is 611 g/mol. The number of nitrogens with zero attached hydrogens (tertiary/aromatic N) is 1. The molecule has 1 aliphatic rings. The molecule has 0 saturated heterocycles. The zero-order valence-electron chi connectivity index (χ0n) is 23.9. The van der Waals surface area contributed by atoms with Crippen LogP contribution in [0, 0.1) is 10.1 Å². The van der Waals surface area contributed by atoms with Crippen molar-refractivity contribution < 1.29 is 47.0 Å². The van der Waals surface area contributed by atoms with Gasteiger partial charge in [-0.2, -0.15) is 13.2 Å². The third kappa shape index (κ3) is 9.69. The van der Waals surface area contributed by atoms with Crippen LogP contribution >= 0.6 is 12.4 Å². The molecule has 0 bridgehead atoms. The number of unbranched alkanes of at least 4 members (excludes halogenated alkanes) is 1. The molecule has 240 valence electrons. The molecule has 44 heavy (non-hydrogen) atoms. The molecule has 0 radical (unpaired) electrons. The molecule has 3 rings (SSSR count). The number of benzene rings is 2. The van der Waals surface area contributed by atoms with E-state index >= 15 is 0 Å². The maximum atomic E-state index is 14.0. The number of esters is 2. The lowest BCUT2D eigenvalue weighted by Crippen LogP contribution is -2.38. The van der Waals surface area contributed by atoms with Crippen molar-refractivity contribution in [3.8, 4) is 5.75 Å². The van der Waals surface area contributed by atoms with Crippen LogP contribution < -0.4 is 15.4 Å². The van der Waals surface area contributed by atoms with Gasteiger partial charge in [0.05, 0.1) is 35.7 Å². The highest BCUT2D eigenvalue weighted by Gasteiger charge is 2.47. The summed E-state index contributed by atoms with van der Waals surface area (Å²) < 4.78 is 57.5. The van der Waals surface area contributed by atoms with E-state index in [4.69, 9.17) is 9.47 Å². The molecule has 0 fully saturated rings. The van der Waals surface area contributed by atoms with Crippen molar-refractivity contribution in [3.05, 3.63) is 92.8 Å². The number of aliphatic hydroxyl groups is 1. The number of nitrogens with one attached hydrogen (secondary N) is 2. The van der Waals surface area contributed by atoms with Crippen LogP contribution in [-0.4, -0.2) is 67.7 Å². The maximum Gasteiger partial charge on any atom is 0.431 e. The lowest BCUT2D eigenvalue weighted by atomic mass is 9.80. The number of dihydropyridines is 1. The minimum atomic E-state index is -5.03. The van der Waals surface area contributed by atoms with E-state index in [2.05, 4.69) is 15.4 Å². The molecule has 1 aliphatic heterocycles. The Labute approximate surface area is 257 Å². The van der Waals surface area contributed by atoms with Gasteiger partial charge in [0.2, 0.25) is 0 Å². The summed E-state index contributed by atoms with van der Waals surface area (Å²) in [6, 6.07) is 13.7. The molecule has 2 aromatic carbocycles. The van der Waals surface area contributed by atoms with E-state index in [-0.39, 0.29) is 49.0 Å². The van der Waals surface area contributed by atoms with Gasteiger partial charge < -0.3 is 30.0 Å². The third-order valence-corrected chi connectivity index (χ3v) is 6.43. The monoisotopic (exact) mass is 643 g/mol. The van der Waals surface area contributed by atoms with Crippen LogP contribution in [0.4, 0.5) is 18.9 Å². The molecule has 1 heterocycles. The first-order valence-corrected chi connectivity index (χ1v) is 13.3. The standard InChI is InChI=1S/C29H32F3N3O8.ClH/c1-18-23(28(38)42-14-7-6-13-33-16-21(36)17-43-22-11-4-3-5-12-22)24(19-9-8-10-20(15-19)35(39)40)25(27(37)41-2)26(34-18)29(30,31)32;/h3-5,8-12,15,21,24,33-34,36H,6-7,13-14,16-17H2,1-2H3;1H. The average molecular weight is 644 g/mol. The number of alkyl halides is 3. The van der Waals surface area contributed by atoms with Gasteiger partial charge in [0.1, 0.15) is 24.2 Å². The SMILES string of the molecule is COC(=O)C1=C(C(F)(F)F)NC(C)=C(C(=O)OCCCCNCC(O)COc2ccccc2)C1c1cccc([N+](=O)[O-])c1.Cl. The van der Waals surface area contributed by atoms with Crippen molar-refractivity contribution in [2.75, 3.05) is 33.4 Å². The summed E-state index contributed by atoms with van der Waals surface area (Å²) >= 11 is 0. The van der Waals surface area contributed by atoms with Gasteiger partial charge in [-0.25, -0.2) is 9.59 Å². The van der Waals surface area contributed by atoms with E-state index in [1.165, 1.54) is 19.1 Å². The van der Waals surface area contributed by atoms with Crippen LogP contribution in [0.25, 0.3) is 0 Å². The highest BCUT2D eigenvalue weighted by atomic mass is 35.5. The van der Waals surface area contributed by atoms with Crippen molar-refractivity contribution in [1.29, 1.82) is 0 Å². The van der Waals surface area contributed by atoms with E-state index in [0.29, 0.717) is 25.1 Å². The number of aliphatic hydroxyl groups excluding tert-OH is 1. The van der Waals surface area contributed by atoms with Crippen molar-refractivity contribution in [3.63, 3.8) is 0 Å². The van der Waals surface area contributed by atoms with E-state index < -0.39 is 52.0 Å². The van der Waals surface area contributed by atoms with Gasteiger partial charge in [-0.15, -0.1) is 12.4 Å². The van der Waals surface area contributed by atoms with Crippen LogP contribution in [0.2, 0.25) is 0 Å². The predicted molar refractivity (Wildman–Crippen MR) is 155 cm³/mol. The first kappa shape index (κ1) is 36.1. The second-order valence-corrected chi connectivity index (χ2v) is 9.55. The van der Waals surface area contributed by atoms with Gasteiger partial charge in [0, 0.05) is 24.4 Å². The highest BCUT2D eigenvalue weighted by Crippen LogP contribution is 2.43. The number of carbonyl (C=O) groups excluding carboxylic acids is 2. The quantitative estimate of drug-likeness (QED) is 0.118. The number of carbonyl (C=O) groups is 2. The van der Waals surface area contributed by atoms with Crippen molar-refractivity contribution in [2.45, 2.75) is 38.0 Å². The number of allylic oxidation sites excluding steroid dienone is 2. The number of para-hydroxylation sites is 1. The number of hydrogen-bond acceptors (Lipinski definition) is 10. The van der Waals surface area contributed by atoms with Gasteiger partial charge in [0.25, 0.3) is 5.69 Å². The summed E-state index contributed by atoms with van der Waals surface area (Å²) in [5.41, 5.74) is -3.44. The Balaban J connectivity index is 0.00000675. The fourth-order valence-corrected chi connectivity index (χ4v) is 4.43. The average Bonchev–Trinajstić information content (AvgIpc) is 2.98. The van der Waals surface area contributed by atoms with Crippen LogP contribution in [0.3, 0.4) is 0 Å². The van der Waals surface area contributed by atoms with Crippen LogP contribution in [0.15, 0.2) is 77.1 Å². The summed E-state index contributed by atoms with van der Waals surface area (Å²) in [6.45, 7) is 1.96. The first-order chi connectivity index (χ1) is 20.4. The molecule has 0 spiro atoms. The molecule has 11 nitrogen and oxygen atoms in total. The Morgan fingerprint density at radius 2 is 1.80 bits per heavy atom. The van der Waals surface area contributed by atoms with Crippen LogP contribution in [0.5, 0.6) is 5.75 Å². The molecular formula is C29H33ClF3N3O8. The van der Waals surface area contributed by atoms with E-state index in [9.17, 15) is 38.0 Å². The fraction of sp³-hybridized carbons (Fsp3) is 0.379. The number of nitro groups is 1. The molecule has 0 saturated carbocycles. The molecule has 15 heteroatoms. The van der Waals surface area contributed by atoms with E-state index in [1.54, 1.807) is 12.1 Å². The van der Waals surface area contributed by atoms with Gasteiger partial charge >= 0.3 is 18.1 Å². The minimum Gasteiger partial charge on any atom is -0.491 e. The largest absolute Gasteiger partial charge is 0.491 e. The Morgan fingerprint density at radius 3 is 2.43 bits per heavy atom. The van der Waals surface area contributed by atoms with E-state index in [0.717, 1.165) is 19.2 Å². The zero-order valence-corrected chi connectivity index (χ0v) is 24.7. The molecule has 0 aromatic heterocycles. The second-order valence-electron chi connectivity index (χ2n) is 9.55. The van der Waals surface area contributed by atoms with Crippen molar-refractivity contribution in [1.82, 2.24) is 10.6 Å². The fourth-order valence-electron chi connectivity index (χ4n) is 4.43. The lowest BCUT2D eigenvalue weighted by Gasteiger charge is -2.31. The first-order valence-electron chi connectivity index (χ1n) is 13.3. The molecule has 2 aromatic rings. The molecule has 3 N–H and O–H groups in total. The summed E-state index contributed by atoms with van der Waals surface area (Å²) in [4.78, 5) is 36.5. The highest BCUT2D eigenvalue weighted by molar-refractivity contribution is 6.00. The molecule has 0 aliphatic carbocycles. The summed E-state index contributed by atoms with van der Waals surface area (Å²) in [5.74, 6) is -3.38. The summed E-state index contributed by atoms with van der Waals surface area (Å²) in [5, 5.41) is 26.6. The van der Waals surface area contributed by atoms with E-state index in [1.807, 2.05) is 18.2 Å². The maximum absolute atomic E-state index is 14.0. The van der Waals surface area contributed by atoms with Crippen molar-refractivity contribution >= 4 is 30.0 Å². The predicted octanol–water partition coefficient (Wildman–Crippen LogP) is 4.32. The minimum absolute atomic E-state index is 0. The number of nitro benzene ring substituents is 1. The number of halogens is 4. The second kappa shape index (κ2) is 16.6. The van der Waals surface area contributed by atoms with Crippen LogP contribution in [-0.2, 0) is 19.1 Å². The topological polar surface area (TPSA) is 149 Å². The Bertz CT molecular complexity index is 1370. The molecule has 0 amide bonds. The number of methoxy groups -OCH3 is 1. The smallest absolute Gasteiger partial charge is 0.431 e. The third-order valence-electron chi connectivity index (χ3n) is 6.43. The molecule has 2 atom stereocenters. The normalized spacial score (nSPS) is 15.5. The number of non-ortho nitro benzene ring substituents is 1. The van der Waals surface area contributed by atoms with Crippen molar-refractivity contribution in [2.24, 2.45) is 0 Å². The molecule has 2 unspecified atom stereocenters. The summed E-state index contributed by atoms with van der Waals surface area (Å²) in [7, 11) is 0.889. The van der Waals surface area contributed by atoms with Gasteiger partial charge in [-0.1, -0.05) is 30.3 Å². The lowest BCUT2D eigenvalue weighted by molar-refractivity contribution is -0.384. The Kier molecular flexibility index (Phi) is 13.6. The van der Waals surface area contributed by atoms with Gasteiger partial charge in [-0.3, -0.25) is 10.1 Å². The van der Waals surface area contributed by atoms with Gasteiger partial charge in [-0.05, 0) is 44.0 Å². The number of rotatable bonds is 14. The Morgan fingerprint density at radius 1 is 1.09 bits per heavy atom. The van der Waals surface area contributed by atoms with Gasteiger partial charge in [0.15, 0.2) is 0 Å². The Hall–Kier alpha value is -4.14. The number of ether oxygens (including phenoxy) is 3. The van der Waals surface area contributed by atoms with Crippen LogP contribution in [0.1, 0.15) is 31.2 Å².